The fourth-order valence-corrected chi connectivity index (χ4v) is 2.08. The van der Waals surface area contributed by atoms with E-state index in [4.69, 9.17) is 5.73 Å². The molecule has 0 aliphatic rings. The van der Waals surface area contributed by atoms with Crippen molar-refractivity contribution in [2.75, 3.05) is 12.8 Å². The molecule has 7 nitrogen and oxygen atoms in total. The third-order valence-electron chi connectivity index (χ3n) is 3.15. The zero-order chi connectivity index (χ0) is 15.5. The summed E-state index contributed by atoms with van der Waals surface area (Å²) in [6.45, 7) is 0. The van der Waals surface area contributed by atoms with Crippen molar-refractivity contribution in [3.63, 3.8) is 0 Å². The number of nitrogens with two attached hydrogens (primary N) is 1. The zero-order valence-electron chi connectivity index (χ0n) is 11.8. The first-order valence-corrected chi connectivity index (χ1v) is 6.52. The van der Waals surface area contributed by atoms with Crippen LogP contribution in [-0.4, -0.2) is 33.3 Å². The van der Waals surface area contributed by atoms with Gasteiger partial charge in [-0.2, -0.15) is 4.68 Å². The van der Waals surface area contributed by atoms with Gasteiger partial charge in [0.1, 0.15) is 0 Å². The lowest BCUT2D eigenvalue weighted by Gasteiger charge is -2.06. The Hall–Kier alpha value is -3.22. The number of hydrogen-bond acceptors (Lipinski definition) is 6. The molecule has 2 aromatic carbocycles. The smallest absolute Gasteiger partial charge is 0.337 e. The van der Waals surface area contributed by atoms with Gasteiger partial charge < -0.3 is 10.5 Å². The van der Waals surface area contributed by atoms with E-state index in [9.17, 15) is 4.79 Å². The maximum atomic E-state index is 11.5. The van der Waals surface area contributed by atoms with Gasteiger partial charge in [-0.1, -0.05) is 12.1 Å². The average Bonchev–Trinajstić information content (AvgIpc) is 3.04. The molecule has 1 aromatic heterocycles. The topological polar surface area (TPSA) is 95.9 Å². The Morgan fingerprint density at radius 1 is 1.18 bits per heavy atom. The van der Waals surface area contributed by atoms with Gasteiger partial charge in [0.2, 0.25) is 0 Å². The van der Waals surface area contributed by atoms with Gasteiger partial charge in [0.15, 0.2) is 5.82 Å². The molecule has 0 bridgehead atoms. The Kier molecular flexibility index (Phi) is 3.53. The van der Waals surface area contributed by atoms with Crippen LogP contribution in [0, 0.1) is 0 Å². The summed E-state index contributed by atoms with van der Waals surface area (Å²) in [5, 5.41) is 11.7. The number of nitrogens with zero attached hydrogens (tertiary/aromatic N) is 4. The molecule has 3 rings (SSSR count). The largest absolute Gasteiger partial charge is 0.465 e. The van der Waals surface area contributed by atoms with Crippen LogP contribution in [-0.2, 0) is 4.74 Å². The molecule has 3 aromatic rings. The highest BCUT2D eigenvalue weighted by molar-refractivity contribution is 5.89. The molecular formula is C15H13N5O2. The number of rotatable bonds is 3. The number of benzene rings is 2. The minimum atomic E-state index is -0.390. The minimum absolute atomic E-state index is 0.390. The van der Waals surface area contributed by atoms with Gasteiger partial charge in [0, 0.05) is 11.3 Å². The predicted molar refractivity (Wildman–Crippen MR) is 80.3 cm³/mol. The first-order valence-electron chi connectivity index (χ1n) is 6.52. The van der Waals surface area contributed by atoms with E-state index in [0.717, 1.165) is 11.3 Å². The highest BCUT2D eigenvalue weighted by Crippen LogP contribution is 2.21. The molecule has 0 spiro atoms. The molecule has 0 saturated carbocycles. The van der Waals surface area contributed by atoms with Gasteiger partial charge in [-0.25, -0.2) is 4.79 Å². The van der Waals surface area contributed by atoms with E-state index in [1.807, 2.05) is 12.1 Å². The van der Waals surface area contributed by atoms with E-state index in [1.54, 1.807) is 41.1 Å². The monoisotopic (exact) mass is 295 g/mol. The molecule has 0 aliphatic heterocycles. The third kappa shape index (κ3) is 2.51. The lowest BCUT2D eigenvalue weighted by Crippen LogP contribution is -2.03. The Balaban J connectivity index is 2.00. The lowest BCUT2D eigenvalue weighted by atomic mass is 10.1. The van der Waals surface area contributed by atoms with Crippen LogP contribution < -0.4 is 5.73 Å². The molecule has 0 atom stereocenters. The predicted octanol–water partition coefficient (Wildman–Crippen LogP) is 1.70. The van der Waals surface area contributed by atoms with Crippen molar-refractivity contribution in [3.05, 3.63) is 54.1 Å². The Labute approximate surface area is 126 Å². The summed E-state index contributed by atoms with van der Waals surface area (Å²) in [4.78, 5) is 11.5. The molecular weight excluding hydrogens is 282 g/mol. The number of anilines is 1. The molecule has 0 amide bonds. The highest BCUT2D eigenvalue weighted by Gasteiger charge is 2.12. The van der Waals surface area contributed by atoms with E-state index in [1.165, 1.54) is 7.11 Å². The van der Waals surface area contributed by atoms with E-state index in [2.05, 4.69) is 20.3 Å². The van der Waals surface area contributed by atoms with Crippen LogP contribution in [0.3, 0.4) is 0 Å². The zero-order valence-corrected chi connectivity index (χ0v) is 11.8. The molecule has 7 heteroatoms. The second kappa shape index (κ2) is 5.65. The summed E-state index contributed by atoms with van der Waals surface area (Å²) in [6, 6.07) is 14.1. The lowest BCUT2D eigenvalue weighted by molar-refractivity contribution is 0.0601. The van der Waals surface area contributed by atoms with Crippen molar-refractivity contribution >= 4 is 11.7 Å². The summed E-state index contributed by atoms with van der Waals surface area (Å²) in [7, 11) is 1.34. The van der Waals surface area contributed by atoms with E-state index >= 15 is 0 Å². The van der Waals surface area contributed by atoms with Crippen LogP contribution in [0.4, 0.5) is 5.69 Å². The first kappa shape index (κ1) is 13.7. The van der Waals surface area contributed by atoms with E-state index in [-0.39, 0.29) is 5.97 Å². The molecule has 0 fully saturated rings. The van der Waals surface area contributed by atoms with Gasteiger partial charge in [0.05, 0.1) is 18.4 Å². The molecule has 0 saturated heterocycles. The van der Waals surface area contributed by atoms with Crippen LogP contribution >= 0.6 is 0 Å². The molecule has 110 valence electrons. The number of carbonyl (C=O) groups is 1. The van der Waals surface area contributed by atoms with Crippen molar-refractivity contribution < 1.29 is 9.53 Å². The SMILES string of the molecule is COC(=O)c1ccc(-n2nnnc2-c2cccc(N)c2)cc1. The van der Waals surface area contributed by atoms with Crippen LogP contribution in [0.25, 0.3) is 17.1 Å². The van der Waals surface area contributed by atoms with Gasteiger partial charge in [-0.15, -0.1) is 5.10 Å². The number of methoxy groups -OCH3 is 1. The second-order valence-corrected chi connectivity index (χ2v) is 4.58. The Morgan fingerprint density at radius 2 is 1.95 bits per heavy atom. The van der Waals surface area contributed by atoms with Crippen molar-refractivity contribution in [1.29, 1.82) is 0 Å². The minimum Gasteiger partial charge on any atom is -0.465 e. The summed E-state index contributed by atoms with van der Waals surface area (Å²) in [5.74, 6) is 0.178. The molecule has 1 heterocycles. The first-order chi connectivity index (χ1) is 10.7. The van der Waals surface area contributed by atoms with Gasteiger partial charge in [0.25, 0.3) is 0 Å². The standard InChI is InChI=1S/C15H13N5O2/c1-22-15(21)10-5-7-13(8-6-10)20-14(17-18-19-20)11-3-2-4-12(16)9-11/h2-9H,16H2,1H3. The highest BCUT2D eigenvalue weighted by atomic mass is 16.5. The quantitative estimate of drug-likeness (QED) is 0.583. The maximum absolute atomic E-state index is 11.5. The number of tetrazole rings is 1. The number of ether oxygens (including phenoxy) is 1. The van der Waals surface area contributed by atoms with Crippen LogP contribution in [0.15, 0.2) is 48.5 Å². The number of carbonyl (C=O) groups excluding carboxylic acids is 1. The molecule has 22 heavy (non-hydrogen) atoms. The van der Waals surface area contributed by atoms with Crippen molar-refractivity contribution in [3.8, 4) is 17.1 Å². The van der Waals surface area contributed by atoms with Crippen LogP contribution in [0.1, 0.15) is 10.4 Å². The summed E-state index contributed by atoms with van der Waals surface area (Å²) in [5.41, 5.74) is 8.43. The Morgan fingerprint density at radius 3 is 2.64 bits per heavy atom. The summed E-state index contributed by atoms with van der Waals surface area (Å²) in [6.07, 6.45) is 0. The molecule has 2 N–H and O–H groups in total. The fraction of sp³-hybridized carbons (Fsp3) is 0.0667. The number of esters is 1. The van der Waals surface area contributed by atoms with Gasteiger partial charge >= 0.3 is 5.97 Å². The fourth-order valence-electron chi connectivity index (χ4n) is 2.08. The van der Waals surface area contributed by atoms with Gasteiger partial charge in [-0.3, -0.25) is 0 Å². The second-order valence-electron chi connectivity index (χ2n) is 4.58. The number of nitrogen functional groups attached to an aromatic ring is 1. The van der Waals surface area contributed by atoms with Gasteiger partial charge in [-0.05, 0) is 46.8 Å². The van der Waals surface area contributed by atoms with Crippen molar-refractivity contribution in [2.24, 2.45) is 0 Å². The molecule has 0 radical (unpaired) electrons. The number of hydrogen-bond donors (Lipinski definition) is 1. The molecule has 0 unspecified atom stereocenters. The normalized spacial score (nSPS) is 10.4. The van der Waals surface area contributed by atoms with E-state index in [0.29, 0.717) is 17.1 Å². The maximum Gasteiger partial charge on any atom is 0.337 e. The third-order valence-corrected chi connectivity index (χ3v) is 3.15. The molecule has 0 aliphatic carbocycles. The van der Waals surface area contributed by atoms with Crippen molar-refractivity contribution in [2.45, 2.75) is 0 Å². The summed E-state index contributed by atoms with van der Waals surface area (Å²) >= 11 is 0. The Bertz CT molecular complexity index is 811. The number of aromatic nitrogens is 4. The average molecular weight is 295 g/mol. The van der Waals surface area contributed by atoms with Crippen LogP contribution in [0.5, 0.6) is 0 Å². The summed E-state index contributed by atoms with van der Waals surface area (Å²) < 4.78 is 6.25. The van der Waals surface area contributed by atoms with Crippen molar-refractivity contribution in [1.82, 2.24) is 20.2 Å². The van der Waals surface area contributed by atoms with E-state index < -0.39 is 0 Å². The van der Waals surface area contributed by atoms with Crippen LogP contribution in [0.2, 0.25) is 0 Å².